The molecule has 2 nitrogen and oxygen atoms in total. The Labute approximate surface area is 209 Å². The number of thiocarbonyl (C=S) groups is 2. The van der Waals surface area contributed by atoms with Crippen LogP contribution < -0.4 is 0 Å². The summed E-state index contributed by atoms with van der Waals surface area (Å²) in [5.41, 5.74) is -1.83. The van der Waals surface area contributed by atoms with Gasteiger partial charge in [0.05, 0.1) is 34.1 Å². The molecule has 0 radical (unpaired) electrons. The molecule has 2 aromatic rings. The van der Waals surface area contributed by atoms with Gasteiger partial charge in [-0.05, 0) is 98.2 Å². The Hall–Kier alpha value is -1.64. The fourth-order valence-electron chi connectivity index (χ4n) is 1.99. The minimum Gasteiger partial charge on any atom is -0.479 e. The van der Waals surface area contributed by atoms with Crippen molar-refractivity contribution < 1.29 is 44.6 Å². The van der Waals surface area contributed by atoms with Crippen LogP contribution in [-0.2, 0) is 21.8 Å². The lowest BCUT2D eigenvalue weighted by atomic mass is 10.2. The average molecular weight is 569 g/mol. The molecule has 34 heavy (non-hydrogen) atoms. The van der Waals surface area contributed by atoms with Gasteiger partial charge in [0.1, 0.15) is 11.6 Å². The largest absolute Gasteiger partial charge is 0.479 e. The summed E-state index contributed by atoms with van der Waals surface area (Å²) in [4.78, 5) is -0.392. The number of hydrogen-bond donors (Lipinski definition) is 0. The van der Waals surface area contributed by atoms with Crippen molar-refractivity contribution >= 4 is 56.7 Å². The molecule has 0 aliphatic carbocycles. The maximum atomic E-state index is 13.3. The Morgan fingerprint density at radius 2 is 1.03 bits per heavy atom. The van der Waals surface area contributed by atoms with Crippen molar-refractivity contribution in [2.75, 3.05) is 13.2 Å². The molecule has 0 unspecified atom stereocenters. The van der Waals surface area contributed by atoms with Gasteiger partial charge in [0.15, 0.2) is 0 Å². The first kappa shape index (κ1) is 30.4. The van der Waals surface area contributed by atoms with E-state index in [0.29, 0.717) is 47.8 Å². The van der Waals surface area contributed by atoms with E-state index in [2.05, 4.69) is 0 Å². The van der Waals surface area contributed by atoms with Gasteiger partial charge in [0.25, 0.3) is 0 Å². The Kier molecular flexibility index (Phi) is 12.0. The smallest absolute Gasteiger partial charge is 0.416 e. The van der Waals surface area contributed by atoms with Gasteiger partial charge in [0, 0.05) is 0 Å². The lowest BCUT2D eigenvalue weighted by molar-refractivity contribution is -0.138. The van der Waals surface area contributed by atoms with Crippen LogP contribution in [0.3, 0.4) is 0 Å². The van der Waals surface area contributed by atoms with Crippen molar-refractivity contribution in [2.45, 2.75) is 36.0 Å². The van der Waals surface area contributed by atoms with Gasteiger partial charge < -0.3 is 9.47 Å². The summed E-state index contributed by atoms with van der Waals surface area (Å²) >= 11 is 10.8. The van der Waals surface area contributed by atoms with Crippen molar-refractivity contribution in [3.8, 4) is 0 Å². The van der Waals surface area contributed by atoms with Crippen LogP contribution in [0.2, 0.25) is 0 Å². The lowest BCUT2D eigenvalue weighted by Crippen LogP contribution is -2.06. The standard InChI is InChI=1S/2C10H8F4OS2/c2*1-2-15-9(16)17-8-5-6(10(12,13)14)3-4-7(8)11/h2*3-5H,2H2,1H3. The second-order valence-electron chi connectivity index (χ2n) is 5.86. The predicted molar refractivity (Wildman–Crippen MR) is 123 cm³/mol. The normalized spacial score (nSPS) is 11.4. The van der Waals surface area contributed by atoms with E-state index in [1.165, 1.54) is 0 Å². The van der Waals surface area contributed by atoms with Gasteiger partial charge in [-0.3, -0.25) is 0 Å². The van der Waals surface area contributed by atoms with Crippen LogP contribution >= 0.6 is 48.0 Å². The molecular formula is C20H16F8O2S4. The molecule has 0 N–H and O–H groups in total. The molecule has 0 aliphatic heterocycles. The molecule has 0 saturated heterocycles. The quantitative estimate of drug-likeness (QED) is 0.208. The number of halogens is 8. The maximum Gasteiger partial charge on any atom is 0.416 e. The second-order valence-corrected chi connectivity index (χ2v) is 9.14. The third kappa shape index (κ3) is 10.3. The first-order valence-corrected chi connectivity index (χ1v) is 11.6. The van der Waals surface area contributed by atoms with Crippen LogP contribution in [0.15, 0.2) is 46.2 Å². The van der Waals surface area contributed by atoms with Crippen molar-refractivity contribution in [1.29, 1.82) is 0 Å². The lowest BCUT2D eigenvalue weighted by Gasteiger charge is -2.09. The van der Waals surface area contributed by atoms with E-state index in [1.807, 2.05) is 0 Å². The van der Waals surface area contributed by atoms with E-state index < -0.39 is 35.1 Å². The molecule has 0 saturated carbocycles. The fourth-order valence-corrected chi connectivity index (χ4v) is 4.18. The van der Waals surface area contributed by atoms with Crippen molar-refractivity contribution in [2.24, 2.45) is 0 Å². The fraction of sp³-hybridized carbons (Fsp3) is 0.300. The van der Waals surface area contributed by atoms with Crippen molar-refractivity contribution in [3.63, 3.8) is 0 Å². The summed E-state index contributed by atoms with van der Waals surface area (Å²) in [6.45, 7) is 3.92. The Bertz CT molecular complexity index is 914. The average Bonchev–Trinajstić information content (AvgIpc) is 2.70. The molecule has 14 heteroatoms. The molecule has 2 rings (SSSR count). The minimum atomic E-state index is -4.50. The van der Waals surface area contributed by atoms with Crippen molar-refractivity contribution in [3.05, 3.63) is 59.2 Å². The summed E-state index contributed by atoms with van der Waals surface area (Å²) in [6, 6.07) is 4.32. The molecule has 0 atom stereocenters. The van der Waals surface area contributed by atoms with Crippen LogP contribution in [-0.4, -0.2) is 22.0 Å². The second kappa shape index (κ2) is 13.4. The summed E-state index contributed by atoms with van der Waals surface area (Å²) in [5, 5.41) is 0. The van der Waals surface area contributed by atoms with Crippen LogP contribution in [0.25, 0.3) is 0 Å². The minimum absolute atomic E-state index is 0.00859. The number of alkyl halides is 6. The van der Waals surface area contributed by atoms with Gasteiger partial charge in [-0.1, -0.05) is 0 Å². The van der Waals surface area contributed by atoms with Crippen LogP contribution in [0, 0.1) is 11.6 Å². The zero-order valence-electron chi connectivity index (χ0n) is 17.4. The summed E-state index contributed by atoms with van der Waals surface area (Å²) in [7, 11) is 0. The molecule has 188 valence electrons. The topological polar surface area (TPSA) is 18.5 Å². The molecule has 0 amide bonds. The van der Waals surface area contributed by atoms with E-state index >= 15 is 0 Å². The SMILES string of the molecule is CCOC(=S)Sc1cc(C(F)(F)F)ccc1F.CCOC(=S)Sc1cc(C(F)(F)F)ccc1F. The highest BCUT2D eigenvalue weighted by Gasteiger charge is 2.32. The van der Waals surface area contributed by atoms with Gasteiger partial charge in [-0.2, -0.15) is 26.3 Å². The van der Waals surface area contributed by atoms with E-state index in [4.69, 9.17) is 33.9 Å². The third-order valence-corrected chi connectivity index (χ3v) is 5.80. The van der Waals surface area contributed by atoms with Crippen LogP contribution in [0.5, 0.6) is 0 Å². The zero-order valence-corrected chi connectivity index (χ0v) is 20.6. The van der Waals surface area contributed by atoms with E-state index in [-0.39, 0.29) is 31.8 Å². The maximum absolute atomic E-state index is 13.3. The van der Waals surface area contributed by atoms with E-state index in [9.17, 15) is 35.1 Å². The molecule has 0 aromatic heterocycles. The summed E-state index contributed by atoms with van der Waals surface area (Å²) in [5.74, 6) is -1.52. The molecule has 0 fully saturated rings. The molecular weight excluding hydrogens is 552 g/mol. The number of benzene rings is 2. The Balaban J connectivity index is 0.000000340. The number of thioether (sulfide) groups is 2. The first-order valence-electron chi connectivity index (χ1n) is 9.11. The van der Waals surface area contributed by atoms with Crippen LogP contribution in [0.1, 0.15) is 25.0 Å². The number of hydrogen-bond acceptors (Lipinski definition) is 6. The molecule has 0 aliphatic rings. The van der Waals surface area contributed by atoms with Crippen molar-refractivity contribution in [1.82, 2.24) is 0 Å². The summed E-state index contributed by atoms with van der Waals surface area (Å²) < 4.78 is 111. The van der Waals surface area contributed by atoms with E-state index in [1.54, 1.807) is 13.8 Å². The molecule has 2 aromatic carbocycles. The van der Waals surface area contributed by atoms with Gasteiger partial charge in [0.2, 0.25) is 8.77 Å². The predicted octanol–water partition coefficient (Wildman–Crippen LogP) is 8.52. The highest BCUT2D eigenvalue weighted by Crippen LogP contribution is 2.35. The van der Waals surface area contributed by atoms with Gasteiger partial charge >= 0.3 is 12.4 Å². The highest BCUT2D eigenvalue weighted by atomic mass is 32.2. The number of ether oxygens (including phenoxy) is 2. The Morgan fingerprint density at radius 1 is 0.706 bits per heavy atom. The molecule has 0 spiro atoms. The zero-order chi connectivity index (χ0) is 26.1. The molecule has 0 bridgehead atoms. The van der Waals surface area contributed by atoms with Gasteiger partial charge in [-0.15, -0.1) is 0 Å². The van der Waals surface area contributed by atoms with Crippen LogP contribution in [0.4, 0.5) is 35.1 Å². The van der Waals surface area contributed by atoms with E-state index in [0.717, 1.165) is 12.1 Å². The van der Waals surface area contributed by atoms with Gasteiger partial charge in [-0.25, -0.2) is 8.78 Å². The highest BCUT2D eigenvalue weighted by molar-refractivity contribution is 8.23. The number of rotatable bonds is 4. The third-order valence-electron chi connectivity index (χ3n) is 3.43. The first-order chi connectivity index (χ1) is 15.7. The molecule has 0 heterocycles. The summed E-state index contributed by atoms with van der Waals surface area (Å²) in [6.07, 6.45) is -9.01. The monoisotopic (exact) mass is 568 g/mol. The Morgan fingerprint density at radius 3 is 1.29 bits per heavy atom.